The minimum atomic E-state index is -0.192. The molecule has 0 radical (unpaired) electrons. The van der Waals surface area contributed by atoms with Crippen molar-refractivity contribution in [2.75, 3.05) is 5.32 Å². The maximum absolute atomic E-state index is 12.2. The van der Waals surface area contributed by atoms with Crippen molar-refractivity contribution in [1.29, 1.82) is 0 Å². The number of carbonyl (C=O) groups is 1. The van der Waals surface area contributed by atoms with E-state index < -0.39 is 0 Å². The fraction of sp³-hybridized carbons (Fsp3) is 0.100. The van der Waals surface area contributed by atoms with E-state index in [9.17, 15) is 4.79 Å². The van der Waals surface area contributed by atoms with Crippen LogP contribution in [0.15, 0.2) is 72.8 Å². The number of aryl methyl sites for hydroxylation is 1. The number of aromatic nitrogens is 1. The van der Waals surface area contributed by atoms with Gasteiger partial charge in [0.25, 0.3) is 5.91 Å². The molecule has 0 fully saturated rings. The van der Waals surface area contributed by atoms with Gasteiger partial charge in [0, 0.05) is 11.3 Å². The lowest BCUT2D eigenvalue weighted by atomic mass is 10.2. The molecule has 2 aromatic carbocycles. The van der Waals surface area contributed by atoms with Gasteiger partial charge in [0.1, 0.15) is 18.2 Å². The summed E-state index contributed by atoms with van der Waals surface area (Å²) in [5.41, 5.74) is 2.52. The van der Waals surface area contributed by atoms with Crippen molar-refractivity contribution in [2.45, 2.75) is 13.5 Å². The van der Waals surface area contributed by atoms with Crippen molar-refractivity contribution < 1.29 is 9.53 Å². The SMILES string of the molecule is Cc1cccc(NC(=O)c2ccc(OCc3ccccc3)cc2)n1. The highest BCUT2D eigenvalue weighted by Gasteiger charge is 2.07. The number of anilines is 1. The zero-order valence-electron chi connectivity index (χ0n) is 13.4. The maximum Gasteiger partial charge on any atom is 0.256 e. The highest BCUT2D eigenvalue weighted by Crippen LogP contribution is 2.15. The topological polar surface area (TPSA) is 51.2 Å². The smallest absolute Gasteiger partial charge is 0.256 e. The third-order valence-corrected chi connectivity index (χ3v) is 3.49. The molecule has 0 aliphatic heterocycles. The number of benzene rings is 2. The number of hydrogen-bond donors (Lipinski definition) is 1. The molecule has 0 aliphatic carbocycles. The van der Waals surface area contributed by atoms with Crippen LogP contribution in [0.5, 0.6) is 5.75 Å². The summed E-state index contributed by atoms with van der Waals surface area (Å²) in [7, 11) is 0. The van der Waals surface area contributed by atoms with Crippen molar-refractivity contribution in [3.8, 4) is 5.75 Å². The number of pyridine rings is 1. The lowest BCUT2D eigenvalue weighted by Gasteiger charge is -2.08. The molecule has 1 amide bonds. The minimum absolute atomic E-state index is 0.192. The summed E-state index contributed by atoms with van der Waals surface area (Å²) < 4.78 is 5.72. The third-order valence-electron chi connectivity index (χ3n) is 3.49. The van der Waals surface area contributed by atoms with Gasteiger partial charge in [-0.2, -0.15) is 0 Å². The number of nitrogens with zero attached hydrogens (tertiary/aromatic N) is 1. The Bertz CT molecular complexity index is 815. The second kappa shape index (κ2) is 7.42. The molecule has 0 spiro atoms. The fourth-order valence-corrected chi connectivity index (χ4v) is 2.24. The summed E-state index contributed by atoms with van der Waals surface area (Å²) in [6.45, 7) is 2.38. The van der Waals surface area contributed by atoms with Crippen LogP contribution in [0.25, 0.3) is 0 Å². The first-order valence-corrected chi connectivity index (χ1v) is 7.72. The molecule has 4 nitrogen and oxygen atoms in total. The van der Waals surface area contributed by atoms with Crippen molar-refractivity contribution in [1.82, 2.24) is 4.98 Å². The molecule has 4 heteroatoms. The van der Waals surface area contributed by atoms with Crippen LogP contribution < -0.4 is 10.1 Å². The largest absolute Gasteiger partial charge is 0.489 e. The number of ether oxygens (including phenoxy) is 1. The van der Waals surface area contributed by atoms with Crippen LogP contribution >= 0.6 is 0 Å². The number of rotatable bonds is 5. The van der Waals surface area contributed by atoms with Crippen LogP contribution in [0.3, 0.4) is 0 Å². The van der Waals surface area contributed by atoms with Gasteiger partial charge in [-0.25, -0.2) is 4.98 Å². The van der Waals surface area contributed by atoms with Crippen LogP contribution in [-0.2, 0) is 6.61 Å². The summed E-state index contributed by atoms with van der Waals surface area (Å²) in [6, 6.07) is 22.5. The minimum Gasteiger partial charge on any atom is -0.489 e. The van der Waals surface area contributed by atoms with Gasteiger partial charge in [-0.3, -0.25) is 4.79 Å². The molecule has 3 rings (SSSR count). The molecule has 1 heterocycles. The van der Waals surface area contributed by atoms with Gasteiger partial charge < -0.3 is 10.1 Å². The third kappa shape index (κ3) is 4.20. The standard InChI is InChI=1S/C20H18N2O2/c1-15-6-5-9-19(21-15)22-20(23)17-10-12-18(13-11-17)24-14-16-7-3-2-4-8-16/h2-13H,14H2,1H3,(H,21,22,23). The highest BCUT2D eigenvalue weighted by molar-refractivity contribution is 6.03. The summed E-state index contributed by atoms with van der Waals surface area (Å²) in [5.74, 6) is 1.08. The summed E-state index contributed by atoms with van der Waals surface area (Å²) in [4.78, 5) is 16.5. The molecule has 24 heavy (non-hydrogen) atoms. The quantitative estimate of drug-likeness (QED) is 0.766. The van der Waals surface area contributed by atoms with Gasteiger partial charge >= 0.3 is 0 Å². The van der Waals surface area contributed by atoms with Crippen LogP contribution in [0.4, 0.5) is 5.82 Å². The Morgan fingerprint density at radius 1 is 0.958 bits per heavy atom. The van der Waals surface area contributed by atoms with E-state index in [0.717, 1.165) is 17.0 Å². The Labute approximate surface area is 141 Å². The summed E-state index contributed by atoms with van der Waals surface area (Å²) in [5, 5.41) is 2.79. The van der Waals surface area contributed by atoms with E-state index in [-0.39, 0.29) is 5.91 Å². The molecular weight excluding hydrogens is 300 g/mol. The van der Waals surface area contributed by atoms with E-state index in [1.807, 2.05) is 49.4 Å². The van der Waals surface area contributed by atoms with Crippen LogP contribution in [0.1, 0.15) is 21.6 Å². The van der Waals surface area contributed by atoms with E-state index in [1.54, 1.807) is 30.3 Å². The Kier molecular flexibility index (Phi) is 4.87. The van der Waals surface area contributed by atoms with Gasteiger partial charge in [0.05, 0.1) is 0 Å². The van der Waals surface area contributed by atoms with Crippen LogP contribution in [0.2, 0.25) is 0 Å². The Morgan fingerprint density at radius 3 is 2.42 bits per heavy atom. The predicted molar refractivity (Wildman–Crippen MR) is 94.1 cm³/mol. The van der Waals surface area contributed by atoms with E-state index in [4.69, 9.17) is 4.74 Å². The maximum atomic E-state index is 12.2. The molecule has 1 N–H and O–H groups in total. The first kappa shape index (κ1) is 15.7. The number of nitrogens with one attached hydrogen (secondary N) is 1. The zero-order chi connectivity index (χ0) is 16.8. The number of carbonyl (C=O) groups excluding carboxylic acids is 1. The molecule has 0 saturated heterocycles. The number of hydrogen-bond acceptors (Lipinski definition) is 3. The van der Waals surface area contributed by atoms with E-state index in [1.165, 1.54) is 0 Å². The normalized spacial score (nSPS) is 10.2. The molecule has 1 aromatic heterocycles. The van der Waals surface area contributed by atoms with Crippen LogP contribution in [0, 0.1) is 6.92 Å². The lowest BCUT2D eigenvalue weighted by Crippen LogP contribution is -2.13. The van der Waals surface area contributed by atoms with Gasteiger partial charge in [-0.1, -0.05) is 36.4 Å². The average molecular weight is 318 g/mol. The molecule has 0 bridgehead atoms. The summed E-state index contributed by atoms with van der Waals surface area (Å²) in [6.07, 6.45) is 0. The van der Waals surface area contributed by atoms with Gasteiger partial charge in [-0.05, 0) is 48.9 Å². The predicted octanol–water partition coefficient (Wildman–Crippen LogP) is 4.22. The lowest BCUT2D eigenvalue weighted by molar-refractivity contribution is 0.102. The Balaban J connectivity index is 1.60. The van der Waals surface area contributed by atoms with Crippen LogP contribution in [-0.4, -0.2) is 10.9 Å². The average Bonchev–Trinajstić information content (AvgIpc) is 2.61. The van der Waals surface area contributed by atoms with Crippen molar-refractivity contribution in [3.63, 3.8) is 0 Å². The van der Waals surface area contributed by atoms with Crippen molar-refractivity contribution >= 4 is 11.7 Å². The second-order valence-corrected chi connectivity index (χ2v) is 5.42. The van der Waals surface area contributed by atoms with E-state index in [2.05, 4.69) is 10.3 Å². The molecule has 0 saturated carbocycles. The zero-order valence-corrected chi connectivity index (χ0v) is 13.4. The van der Waals surface area contributed by atoms with Gasteiger partial charge in [-0.15, -0.1) is 0 Å². The molecule has 0 atom stereocenters. The van der Waals surface area contributed by atoms with E-state index >= 15 is 0 Å². The Hall–Kier alpha value is -3.14. The highest BCUT2D eigenvalue weighted by atomic mass is 16.5. The van der Waals surface area contributed by atoms with E-state index in [0.29, 0.717) is 18.0 Å². The first-order valence-electron chi connectivity index (χ1n) is 7.72. The molecule has 0 unspecified atom stereocenters. The monoisotopic (exact) mass is 318 g/mol. The van der Waals surface area contributed by atoms with Gasteiger partial charge in [0.2, 0.25) is 0 Å². The molecule has 3 aromatic rings. The van der Waals surface area contributed by atoms with Crippen molar-refractivity contribution in [3.05, 3.63) is 89.6 Å². The van der Waals surface area contributed by atoms with Crippen molar-refractivity contribution in [2.24, 2.45) is 0 Å². The Morgan fingerprint density at radius 2 is 1.71 bits per heavy atom. The molecule has 120 valence electrons. The summed E-state index contributed by atoms with van der Waals surface area (Å²) >= 11 is 0. The molecular formula is C20H18N2O2. The number of amides is 1. The molecule has 0 aliphatic rings. The first-order chi connectivity index (χ1) is 11.7. The fourth-order valence-electron chi connectivity index (χ4n) is 2.24. The second-order valence-electron chi connectivity index (χ2n) is 5.42. The van der Waals surface area contributed by atoms with Gasteiger partial charge in [0.15, 0.2) is 0 Å².